The normalized spacial score (nSPS) is 17.4. The number of aryl methyl sites for hydroxylation is 1. The van der Waals surface area contributed by atoms with Crippen molar-refractivity contribution in [1.82, 2.24) is 14.9 Å². The second kappa shape index (κ2) is 7.72. The number of aromatic amines is 1. The summed E-state index contributed by atoms with van der Waals surface area (Å²) in [5.41, 5.74) is 4.90. The lowest BCUT2D eigenvalue weighted by molar-refractivity contribution is -0.116. The van der Waals surface area contributed by atoms with Gasteiger partial charge in [-0.15, -0.1) is 0 Å². The molecule has 0 bridgehead atoms. The van der Waals surface area contributed by atoms with Crippen LogP contribution in [-0.4, -0.2) is 21.4 Å². The van der Waals surface area contributed by atoms with Gasteiger partial charge in [-0.1, -0.05) is 25.0 Å². The van der Waals surface area contributed by atoms with Crippen LogP contribution in [0.3, 0.4) is 0 Å². The summed E-state index contributed by atoms with van der Waals surface area (Å²) in [4.78, 5) is 39.8. The Morgan fingerprint density at radius 1 is 1.10 bits per heavy atom. The lowest BCUT2D eigenvalue weighted by atomic mass is 9.97. The van der Waals surface area contributed by atoms with E-state index in [0.29, 0.717) is 23.9 Å². The molecule has 0 radical (unpaired) electrons. The van der Waals surface area contributed by atoms with Gasteiger partial charge < -0.3 is 15.6 Å². The summed E-state index contributed by atoms with van der Waals surface area (Å²) in [6.45, 7) is 1.94. The Labute approximate surface area is 179 Å². The van der Waals surface area contributed by atoms with Crippen molar-refractivity contribution in [3.05, 3.63) is 63.6 Å². The number of anilines is 1. The van der Waals surface area contributed by atoms with Gasteiger partial charge in [0.05, 0.1) is 17.1 Å². The number of benzene rings is 2. The molecule has 1 fully saturated rings. The Bertz CT molecular complexity index is 1230. The van der Waals surface area contributed by atoms with E-state index in [0.717, 1.165) is 48.0 Å². The second-order valence-electron chi connectivity index (χ2n) is 8.63. The molecule has 0 spiro atoms. The SMILES string of the molecule is CC(NC(=O)c1ccc2c(c1)[nH]c(=O)n2C1CCCC1)c1ccc2c(c1)CCC(=O)N2. The molecule has 3 N–H and O–H groups in total. The molecular weight excluding hydrogens is 392 g/mol. The van der Waals surface area contributed by atoms with Crippen molar-refractivity contribution in [2.24, 2.45) is 0 Å². The molecule has 1 unspecified atom stereocenters. The number of hydrogen-bond acceptors (Lipinski definition) is 3. The molecule has 1 atom stereocenters. The molecule has 31 heavy (non-hydrogen) atoms. The first-order valence-corrected chi connectivity index (χ1v) is 11.0. The fraction of sp³-hybridized carbons (Fsp3) is 0.375. The third kappa shape index (κ3) is 3.65. The molecule has 7 heteroatoms. The van der Waals surface area contributed by atoms with Gasteiger partial charge in [-0.2, -0.15) is 0 Å². The number of H-pyrrole nitrogens is 1. The summed E-state index contributed by atoms with van der Waals surface area (Å²) in [6.07, 6.45) is 5.54. The first kappa shape index (κ1) is 19.6. The number of hydrogen-bond donors (Lipinski definition) is 3. The molecule has 1 aliphatic heterocycles. The Morgan fingerprint density at radius 3 is 2.71 bits per heavy atom. The molecule has 1 aromatic heterocycles. The molecule has 2 aromatic carbocycles. The van der Waals surface area contributed by atoms with E-state index < -0.39 is 0 Å². The topological polar surface area (TPSA) is 96.0 Å². The monoisotopic (exact) mass is 418 g/mol. The maximum atomic E-state index is 12.9. The average Bonchev–Trinajstić information content (AvgIpc) is 3.39. The first-order valence-electron chi connectivity index (χ1n) is 11.0. The lowest BCUT2D eigenvalue weighted by Gasteiger charge is -2.20. The zero-order valence-electron chi connectivity index (χ0n) is 17.5. The van der Waals surface area contributed by atoms with E-state index in [1.807, 2.05) is 35.8 Å². The molecule has 5 rings (SSSR count). The van der Waals surface area contributed by atoms with Crippen LogP contribution in [0, 0.1) is 0 Å². The van der Waals surface area contributed by atoms with E-state index >= 15 is 0 Å². The van der Waals surface area contributed by atoms with Gasteiger partial charge in [0.15, 0.2) is 0 Å². The van der Waals surface area contributed by atoms with E-state index in [1.54, 1.807) is 12.1 Å². The van der Waals surface area contributed by atoms with Crippen molar-refractivity contribution in [2.75, 3.05) is 5.32 Å². The maximum absolute atomic E-state index is 12.9. The number of nitrogens with one attached hydrogen (secondary N) is 3. The summed E-state index contributed by atoms with van der Waals surface area (Å²) >= 11 is 0. The third-order valence-electron chi connectivity index (χ3n) is 6.54. The van der Waals surface area contributed by atoms with Crippen molar-refractivity contribution in [1.29, 1.82) is 0 Å². The highest BCUT2D eigenvalue weighted by molar-refractivity contribution is 5.97. The van der Waals surface area contributed by atoms with Crippen molar-refractivity contribution in [2.45, 2.75) is 57.5 Å². The number of fused-ring (bicyclic) bond motifs is 2. The smallest absolute Gasteiger partial charge is 0.326 e. The van der Waals surface area contributed by atoms with E-state index in [9.17, 15) is 14.4 Å². The van der Waals surface area contributed by atoms with Crippen LogP contribution in [0.15, 0.2) is 41.2 Å². The standard InChI is InChI=1S/C24H26N4O3/c1-14(15-6-9-19-16(12-15)8-11-22(29)26-19)25-23(30)17-7-10-21-20(13-17)27-24(31)28(21)18-4-2-3-5-18/h6-7,9-10,12-14,18H,2-5,8,11H2,1H3,(H,25,30)(H,26,29)(H,27,31). The highest BCUT2D eigenvalue weighted by Crippen LogP contribution is 2.31. The molecule has 2 amide bonds. The van der Waals surface area contributed by atoms with Gasteiger partial charge in [-0.05, 0) is 61.6 Å². The molecule has 160 valence electrons. The fourth-order valence-electron chi connectivity index (χ4n) is 4.83. The first-order chi connectivity index (χ1) is 15.0. The minimum Gasteiger partial charge on any atom is -0.346 e. The minimum absolute atomic E-state index is 0.0387. The van der Waals surface area contributed by atoms with Crippen LogP contribution < -0.4 is 16.3 Å². The van der Waals surface area contributed by atoms with Crippen LogP contribution in [-0.2, 0) is 11.2 Å². The number of rotatable bonds is 4. The molecular formula is C24H26N4O3. The highest BCUT2D eigenvalue weighted by atomic mass is 16.2. The predicted molar refractivity (Wildman–Crippen MR) is 119 cm³/mol. The third-order valence-corrected chi connectivity index (χ3v) is 6.54. The Morgan fingerprint density at radius 2 is 1.90 bits per heavy atom. The molecule has 0 saturated heterocycles. The molecule has 1 aliphatic carbocycles. The minimum atomic E-state index is -0.187. The van der Waals surface area contributed by atoms with Crippen LogP contribution in [0.4, 0.5) is 5.69 Å². The van der Waals surface area contributed by atoms with Gasteiger partial charge in [-0.3, -0.25) is 14.2 Å². The molecule has 3 aromatic rings. The number of aromatic nitrogens is 2. The quantitative estimate of drug-likeness (QED) is 0.601. The van der Waals surface area contributed by atoms with Crippen molar-refractivity contribution in [3.63, 3.8) is 0 Å². The molecule has 2 aliphatic rings. The van der Waals surface area contributed by atoms with Crippen LogP contribution >= 0.6 is 0 Å². The maximum Gasteiger partial charge on any atom is 0.326 e. The van der Waals surface area contributed by atoms with Crippen molar-refractivity contribution in [3.8, 4) is 0 Å². The van der Waals surface area contributed by atoms with Crippen LogP contribution in [0.2, 0.25) is 0 Å². The van der Waals surface area contributed by atoms with E-state index in [4.69, 9.17) is 0 Å². The number of carbonyl (C=O) groups excluding carboxylic acids is 2. The molecule has 1 saturated carbocycles. The van der Waals surface area contributed by atoms with Crippen molar-refractivity contribution >= 4 is 28.5 Å². The summed E-state index contributed by atoms with van der Waals surface area (Å²) < 4.78 is 1.85. The Hall–Kier alpha value is -3.35. The van der Waals surface area contributed by atoms with Gasteiger partial charge in [0.25, 0.3) is 5.91 Å². The Kier molecular flexibility index (Phi) is 4.88. The summed E-state index contributed by atoms with van der Waals surface area (Å²) in [5, 5.41) is 5.92. The van der Waals surface area contributed by atoms with E-state index in [1.165, 1.54) is 0 Å². The van der Waals surface area contributed by atoms with E-state index in [-0.39, 0.29) is 29.6 Å². The summed E-state index contributed by atoms with van der Waals surface area (Å²) in [5.74, 6) is -0.147. The average molecular weight is 418 g/mol. The molecule has 2 heterocycles. The van der Waals surface area contributed by atoms with Gasteiger partial charge in [-0.25, -0.2) is 4.79 Å². The predicted octanol–water partition coefficient (Wildman–Crippen LogP) is 3.82. The second-order valence-corrected chi connectivity index (χ2v) is 8.63. The van der Waals surface area contributed by atoms with Crippen LogP contribution in [0.5, 0.6) is 0 Å². The fourth-order valence-corrected chi connectivity index (χ4v) is 4.83. The van der Waals surface area contributed by atoms with Gasteiger partial charge in [0.1, 0.15) is 0 Å². The lowest BCUT2D eigenvalue weighted by Crippen LogP contribution is -2.27. The number of imidazole rings is 1. The summed E-state index contributed by atoms with van der Waals surface area (Å²) in [7, 11) is 0. The van der Waals surface area contributed by atoms with Crippen LogP contribution in [0.1, 0.15) is 72.6 Å². The largest absolute Gasteiger partial charge is 0.346 e. The van der Waals surface area contributed by atoms with Crippen molar-refractivity contribution < 1.29 is 9.59 Å². The van der Waals surface area contributed by atoms with Crippen LogP contribution in [0.25, 0.3) is 11.0 Å². The zero-order valence-corrected chi connectivity index (χ0v) is 17.5. The number of carbonyl (C=O) groups is 2. The summed E-state index contributed by atoms with van der Waals surface area (Å²) in [6, 6.07) is 11.3. The highest BCUT2D eigenvalue weighted by Gasteiger charge is 2.22. The van der Waals surface area contributed by atoms with Gasteiger partial charge in [0, 0.05) is 23.7 Å². The number of amides is 2. The van der Waals surface area contributed by atoms with Gasteiger partial charge in [0.2, 0.25) is 5.91 Å². The Balaban J connectivity index is 1.35. The van der Waals surface area contributed by atoms with Gasteiger partial charge >= 0.3 is 5.69 Å². The molecule has 7 nitrogen and oxygen atoms in total. The van der Waals surface area contributed by atoms with E-state index in [2.05, 4.69) is 15.6 Å². The number of nitrogens with zero attached hydrogens (tertiary/aromatic N) is 1. The zero-order chi connectivity index (χ0) is 21.5.